The summed E-state index contributed by atoms with van der Waals surface area (Å²) in [5.74, 6) is 0.893. The Hall–Kier alpha value is -2.24. The number of methoxy groups -OCH3 is 1. The number of hydrogen-bond acceptors (Lipinski definition) is 4. The molecule has 2 aromatic rings. The maximum atomic E-state index is 12.5. The number of ether oxygens (including phenoxy) is 2. The Morgan fingerprint density at radius 1 is 1.17 bits per heavy atom. The van der Waals surface area contributed by atoms with E-state index in [9.17, 15) is 4.79 Å². The molecular formula is C18H23ClN2O3. The molecule has 0 aromatic heterocycles. The van der Waals surface area contributed by atoms with Crippen molar-refractivity contribution < 1.29 is 14.3 Å². The Morgan fingerprint density at radius 2 is 1.83 bits per heavy atom. The highest BCUT2D eigenvalue weighted by Gasteiger charge is 2.30. The van der Waals surface area contributed by atoms with E-state index < -0.39 is 5.54 Å². The number of carbonyl (C=O) groups is 1. The molecule has 3 N–H and O–H groups in total. The number of carbonyl (C=O) groups excluding carboxylic acids is 1. The summed E-state index contributed by atoms with van der Waals surface area (Å²) in [5.41, 5.74) is 6.42. The second kappa shape index (κ2) is 8.57. The fourth-order valence-electron chi connectivity index (χ4n) is 2.20. The number of benzene rings is 2. The van der Waals surface area contributed by atoms with Gasteiger partial charge < -0.3 is 20.5 Å². The van der Waals surface area contributed by atoms with Crippen molar-refractivity contribution in [2.45, 2.75) is 19.4 Å². The minimum atomic E-state index is -1.13. The standard InChI is InChI=1S/C18H22N2O3.ClH/c1-4-23-15-11-10-14(12-16(15)22-3)20-17(21)18(2,19)13-8-6-5-7-9-13;/h5-12H,4,19H2,1-3H3,(H,20,21);1H. The Balaban J connectivity index is 0.00000288. The molecule has 0 spiro atoms. The van der Waals surface area contributed by atoms with E-state index in [0.29, 0.717) is 23.8 Å². The van der Waals surface area contributed by atoms with Crippen molar-refractivity contribution in [3.05, 3.63) is 54.1 Å². The van der Waals surface area contributed by atoms with Crippen LogP contribution in [0.25, 0.3) is 0 Å². The normalized spacial score (nSPS) is 12.5. The SMILES string of the molecule is CCOc1ccc(NC(=O)C(C)(N)c2ccccc2)cc1OC.Cl. The molecule has 0 fully saturated rings. The van der Waals surface area contributed by atoms with Crippen LogP contribution in [0.3, 0.4) is 0 Å². The fourth-order valence-corrected chi connectivity index (χ4v) is 2.20. The molecule has 0 saturated carbocycles. The summed E-state index contributed by atoms with van der Waals surface area (Å²) in [6.45, 7) is 4.12. The molecule has 1 atom stereocenters. The summed E-state index contributed by atoms with van der Waals surface area (Å²) in [4.78, 5) is 12.5. The van der Waals surface area contributed by atoms with Crippen molar-refractivity contribution in [2.75, 3.05) is 19.0 Å². The van der Waals surface area contributed by atoms with E-state index in [-0.39, 0.29) is 18.3 Å². The monoisotopic (exact) mass is 350 g/mol. The van der Waals surface area contributed by atoms with E-state index in [1.54, 1.807) is 32.2 Å². The molecule has 5 nitrogen and oxygen atoms in total. The zero-order valence-electron chi connectivity index (χ0n) is 14.0. The maximum absolute atomic E-state index is 12.5. The Labute approximate surface area is 148 Å². The topological polar surface area (TPSA) is 73.6 Å². The van der Waals surface area contributed by atoms with Crippen molar-refractivity contribution in [2.24, 2.45) is 5.73 Å². The zero-order valence-corrected chi connectivity index (χ0v) is 14.9. The van der Waals surface area contributed by atoms with Gasteiger partial charge in [-0.05, 0) is 31.5 Å². The van der Waals surface area contributed by atoms with E-state index in [0.717, 1.165) is 5.56 Å². The Morgan fingerprint density at radius 3 is 2.42 bits per heavy atom. The number of rotatable bonds is 6. The van der Waals surface area contributed by atoms with Gasteiger partial charge in [-0.25, -0.2) is 0 Å². The number of amides is 1. The van der Waals surface area contributed by atoms with Gasteiger partial charge in [-0.2, -0.15) is 0 Å². The first-order valence-electron chi connectivity index (χ1n) is 7.45. The van der Waals surface area contributed by atoms with Crippen LogP contribution in [0.2, 0.25) is 0 Å². The average Bonchev–Trinajstić information content (AvgIpc) is 2.57. The van der Waals surface area contributed by atoms with Gasteiger partial charge in [0.05, 0.1) is 13.7 Å². The van der Waals surface area contributed by atoms with Gasteiger partial charge in [-0.1, -0.05) is 30.3 Å². The average molecular weight is 351 g/mol. The lowest BCUT2D eigenvalue weighted by molar-refractivity contribution is -0.120. The van der Waals surface area contributed by atoms with Crippen molar-refractivity contribution in [1.82, 2.24) is 0 Å². The quantitative estimate of drug-likeness (QED) is 0.838. The van der Waals surface area contributed by atoms with Gasteiger partial charge in [-0.3, -0.25) is 4.79 Å². The van der Waals surface area contributed by atoms with Gasteiger partial charge in [0.25, 0.3) is 0 Å². The fraction of sp³-hybridized carbons (Fsp3) is 0.278. The van der Waals surface area contributed by atoms with Crippen molar-refractivity contribution in [3.63, 3.8) is 0 Å². The minimum Gasteiger partial charge on any atom is -0.493 e. The number of nitrogens with one attached hydrogen (secondary N) is 1. The third-order valence-electron chi connectivity index (χ3n) is 3.57. The first kappa shape index (κ1) is 19.8. The molecule has 24 heavy (non-hydrogen) atoms. The van der Waals surface area contributed by atoms with Crippen LogP contribution in [0.1, 0.15) is 19.4 Å². The second-order valence-electron chi connectivity index (χ2n) is 5.32. The lowest BCUT2D eigenvalue weighted by Gasteiger charge is -2.24. The van der Waals surface area contributed by atoms with Crippen molar-refractivity contribution in [1.29, 1.82) is 0 Å². The van der Waals surface area contributed by atoms with Gasteiger partial charge in [-0.15, -0.1) is 12.4 Å². The number of hydrogen-bond donors (Lipinski definition) is 2. The largest absolute Gasteiger partial charge is 0.493 e. The lowest BCUT2D eigenvalue weighted by atomic mass is 9.92. The van der Waals surface area contributed by atoms with E-state index in [1.165, 1.54) is 0 Å². The summed E-state index contributed by atoms with van der Waals surface area (Å²) >= 11 is 0. The molecule has 0 aliphatic rings. The second-order valence-corrected chi connectivity index (χ2v) is 5.32. The molecule has 130 valence electrons. The summed E-state index contributed by atoms with van der Waals surface area (Å²) in [6, 6.07) is 14.5. The van der Waals surface area contributed by atoms with Gasteiger partial charge in [0, 0.05) is 11.8 Å². The molecule has 0 heterocycles. The Kier molecular flexibility index (Phi) is 7.07. The van der Waals surface area contributed by atoms with Crippen LogP contribution in [-0.2, 0) is 10.3 Å². The van der Waals surface area contributed by atoms with Crippen molar-refractivity contribution >= 4 is 24.0 Å². The number of halogens is 1. The van der Waals surface area contributed by atoms with Gasteiger partial charge in [0.1, 0.15) is 5.54 Å². The molecule has 6 heteroatoms. The lowest BCUT2D eigenvalue weighted by Crippen LogP contribution is -2.45. The molecular weight excluding hydrogens is 328 g/mol. The van der Waals surface area contributed by atoms with E-state index in [2.05, 4.69) is 5.32 Å². The van der Waals surface area contributed by atoms with Crippen molar-refractivity contribution in [3.8, 4) is 11.5 Å². The molecule has 0 aliphatic heterocycles. The highest BCUT2D eigenvalue weighted by Crippen LogP contribution is 2.31. The van der Waals surface area contributed by atoms with Crippen LogP contribution in [0.15, 0.2) is 48.5 Å². The van der Waals surface area contributed by atoms with E-state index in [4.69, 9.17) is 15.2 Å². The molecule has 0 radical (unpaired) electrons. The number of nitrogens with two attached hydrogens (primary N) is 1. The molecule has 0 bridgehead atoms. The minimum absolute atomic E-state index is 0. The summed E-state index contributed by atoms with van der Waals surface area (Å²) in [7, 11) is 1.56. The molecule has 1 amide bonds. The predicted molar refractivity (Wildman–Crippen MR) is 98.0 cm³/mol. The molecule has 2 rings (SSSR count). The van der Waals surface area contributed by atoms with Gasteiger partial charge in [0.15, 0.2) is 11.5 Å². The van der Waals surface area contributed by atoms with E-state index >= 15 is 0 Å². The van der Waals surface area contributed by atoms with Crippen LogP contribution in [-0.4, -0.2) is 19.6 Å². The number of anilines is 1. The van der Waals surface area contributed by atoms with Crippen LogP contribution in [0.4, 0.5) is 5.69 Å². The summed E-state index contributed by atoms with van der Waals surface area (Å²) < 4.78 is 10.7. The van der Waals surface area contributed by atoms with Crippen LogP contribution in [0, 0.1) is 0 Å². The molecule has 0 saturated heterocycles. The summed E-state index contributed by atoms with van der Waals surface area (Å²) in [6.07, 6.45) is 0. The molecule has 2 aromatic carbocycles. The van der Waals surface area contributed by atoms with Gasteiger partial charge >= 0.3 is 0 Å². The van der Waals surface area contributed by atoms with Crippen LogP contribution in [0.5, 0.6) is 11.5 Å². The third-order valence-corrected chi connectivity index (χ3v) is 3.57. The predicted octanol–water partition coefficient (Wildman–Crippen LogP) is 3.33. The van der Waals surface area contributed by atoms with Gasteiger partial charge in [0.2, 0.25) is 5.91 Å². The zero-order chi connectivity index (χ0) is 16.9. The summed E-state index contributed by atoms with van der Waals surface area (Å²) in [5, 5.41) is 2.83. The van der Waals surface area contributed by atoms with E-state index in [1.807, 2.05) is 37.3 Å². The third kappa shape index (κ3) is 4.40. The van der Waals surface area contributed by atoms with Crippen LogP contribution < -0.4 is 20.5 Å². The first-order chi connectivity index (χ1) is 11.0. The first-order valence-corrected chi connectivity index (χ1v) is 7.45. The van der Waals surface area contributed by atoms with Crippen LogP contribution >= 0.6 is 12.4 Å². The highest BCUT2D eigenvalue weighted by molar-refractivity contribution is 5.98. The Bertz CT molecular complexity index is 675. The molecule has 1 unspecified atom stereocenters. The maximum Gasteiger partial charge on any atom is 0.248 e. The molecule has 0 aliphatic carbocycles. The highest BCUT2D eigenvalue weighted by atomic mass is 35.5. The smallest absolute Gasteiger partial charge is 0.248 e.